The highest BCUT2D eigenvalue weighted by molar-refractivity contribution is 6.32. The second kappa shape index (κ2) is 4.81. The molecule has 1 aromatic rings. The Labute approximate surface area is 94.0 Å². The first-order valence-corrected chi connectivity index (χ1v) is 5.23. The maximum atomic E-state index is 10.6. The van der Waals surface area contributed by atoms with E-state index in [0.29, 0.717) is 5.02 Å². The van der Waals surface area contributed by atoms with Crippen LogP contribution in [0.3, 0.4) is 0 Å². The van der Waals surface area contributed by atoms with Gasteiger partial charge in [-0.05, 0) is 24.1 Å². The van der Waals surface area contributed by atoms with Gasteiger partial charge in [0.25, 0.3) is 0 Å². The zero-order chi connectivity index (χ0) is 10.7. The number of halogens is 2. The van der Waals surface area contributed by atoms with Gasteiger partial charge in [-0.3, -0.25) is 0 Å². The van der Waals surface area contributed by atoms with E-state index in [1.165, 1.54) is 0 Å². The van der Waals surface area contributed by atoms with Crippen LogP contribution in [0.15, 0.2) is 18.2 Å². The molecule has 0 bridgehead atoms. The fourth-order valence-corrected chi connectivity index (χ4v) is 2.02. The van der Waals surface area contributed by atoms with Crippen LogP contribution < -0.4 is 0 Å². The molecule has 14 heavy (non-hydrogen) atoms. The predicted octanol–water partition coefficient (Wildman–Crippen LogP) is 3.56. The van der Waals surface area contributed by atoms with Crippen LogP contribution in [0.2, 0.25) is 5.02 Å². The number of rotatable bonds is 3. The van der Waals surface area contributed by atoms with Gasteiger partial charge in [0.2, 0.25) is 0 Å². The molecule has 1 aromatic carbocycles. The second-order valence-corrected chi connectivity index (χ2v) is 4.25. The molecule has 0 saturated carbocycles. The van der Waals surface area contributed by atoms with Crippen LogP contribution in [0.4, 0.5) is 0 Å². The van der Waals surface area contributed by atoms with Crippen LogP contribution in [-0.4, -0.2) is 11.7 Å². The molecule has 2 unspecified atom stereocenters. The Kier molecular flexibility index (Phi) is 3.97. The Balaban J connectivity index is 3.11. The van der Waals surface area contributed by atoms with Crippen molar-refractivity contribution in [3.63, 3.8) is 0 Å². The van der Waals surface area contributed by atoms with Crippen molar-refractivity contribution in [3.8, 4) is 0 Å². The molecule has 0 aromatic heterocycles. The minimum atomic E-state index is -0.520. The number of carbonyl (C=O) groups excluding carboxylic acids is 1. The van der Waals surface area contributed by atoms with Crippen molar-refractivity contribution in [2.75, 3.05) is 0 Å². The predicted molar refractivity (Wildman–Crippen MR) is 60.3 cm³/mol. The van der Waals surface area contributed by atoms with Gasteiger partial charge in [0.1, 0.15) is 6.29 Å². The summed E-state index contributed by atoms with van der Waals surface area (Å²) in [4.78, 5) is 10.6. The van der Waals surface area contributed by atoms with Gasteiger partial charge < -0.3 is 4.79 Å². The summed E-state index contributed by atoms with van der Waals surface area (Å²) in [5.41, 5.74) is 2.03. The van der Waals surface area contributed by atoms with Crippen molar-refractivity contribution in [2.45, 2.75) is 25.1 Å². The minimum Gasteiger partial charge on any atom is -0.302 e. The molecule has 0 aliphatic carbocycles. The standard InChI is InChI=1S/C11H12Cl2O/c1-7-4-3-5-9(12)11(7)8(2)10(13)6-14/h3-6,8,10H,1-2H3. The summed E-state index contributed by atoms with van der Waals surface area (Å²) in [6.45, 7) is 3.87. The molecule has 76 valence electrons. The van der Waals surface area contributed by atoms with E-state index in [1.807, 2.05) is 32.0 Å². The topological polar surface area (TPSA) is 17.1 Å². The Morgan fingerprint density at radius 2 is 2.07 bits per heavy atom. The Hall–Kier alpha value is -0.530. The zero-order valence-electron chi connectivity index (χ0n) is 8.13. The molecule has 0 amide bonds. The van der Waals surface area contributed by atoms with Gasteiger partial charge in [0.05, 0.1) is 5.38 Å². The fraction of sp³-hybridized carbons (Fsp3) is 0.364. The number of hydrogen-bond donors (Lipinski definition) is 0. The number of benzene rings is 1. The zero-order valence-corrected chi connectivity index (χ0v) is 9.64. The van der Waals surface area contributed by atoms with E-state index in [4.69, 9.17) is 23.2 Å². The van der Waals surface area contributed by atoms with Crippen molar-refractivity contribution in [1.29, 1.82) is 0 Å². The van der Waals surface area contributed by atoms with Crippen molar-refractivity contribution in [2.24, 2.45) is 0 Å². The average molecular weight is 231 g/mol. The molecular weight excluding hydrogens is 219 g/mol. The molecular formula is C11H12Cl2O. The fourth-order valence-electron chi connectivity index (χ4n) is 1.50. The van der Waals surface area contributed by atoms with Gasteiger partial charge in [-0.2, -0.15) is 0 Å². The van der Waals surface area contributed by atoms with Crippen LogP contribution in [0.25, 0.3) is 0 Å². The molecule has 0 fully saturated rings. The van der Waals surface area contributed by atoms with E-state index in [-0.39, 0.29) is 5.92 Å². The van der Waals surface area contributed by atoms with Gasteiger partial charge in [-0.25, -0.2) is 0 Å². The molecule has 0 spiro atoms. The summed E-state index contributed by atoms with van der Waals surface area (Å²) in [7, 11) is 0. The monoisotopic (exact) mass is 230 g/mol. The van der Waals surface area contributed by atoms with E-state index < -0.39 is 5.38 Å². The molecule has 1 nitrogen and oxygen atoms in total. The van der Waals surface area contributed by atoms with Crippen molar-refractivity contribution < 1.29 is 4.79 Å². The lowest BCUT2D eigenvalue weighted by Gasteiger charge is -2.17. The van der Waals surface area contributed by atoms with Gasteiger partial charge in [0.15, 0.2) is 0 Å². The van der Waals surface area contributed by atoms with E-state index in [1.54, 1.807) is 0 Å². The number of alkyl halides is 1. The summed E-state index contributed by atoms with van der Waals surface area (Å²) in [6.07, 6.45) is 0.745. The number of aldehydes is 1. The number of hydrogen-bond acceptors (Lipinski definition) is 1. The largest absolute Gasteiger partial charge is 0.302 e. The third-order valence-corrected chi connectivity index (χ3v) is 3.14. The Bertz CT molecular complexity index is 316. The van der Waals surface area contributed by atoms with Crippen LogP contribution in [0.5, 0.6) is 0 Å². The molecule has 0 saturated heterocycles. The van der Waals surface area contributed by atoms with Crippen LogP contribution in [0, 0.1) is 6.92 Å². The van der Waals surface area contributed by atoms with E-state index in [9.17, 15) is 4.79 Å². The molecule has 0 aliphatic heterocycles. The highest BCUT2D eigenvalue weighted by Crippen LogP contribution is 2.31. The van der Waals surface area contributed by atoms with Crippen molar-refractivity contribution >= 4 is 29.5 Å². The normalized spacial score (nSPS) is 14.9. The quantitative estimate of drug-likeness (QED) is 0.574. The van der Waals surface area contributed by atoms with Crippen LogP contribution in [0.1, 0.15) is 24.0 Å². The number of aryl methyl sites for hydroxylation is 1. The first-order chi connectivity index (χ1) is 6.57. The molecule has 3 heteroatoms. The average Bonchev–Trinajstić information content (AvgIpc) is 2.16. The summed E-state index contributed by atoms with van der Waals surface area (Å²) in [6, 6.07) is 5.67. The Morgan fingerprint density at radius 3 is 2.57 bits per heavy atom. The second-order valence-electron chi connectivity index (χ2n) is 3.34. The molecule has 1 rings (SSSR count). The van der Waals surface area contributed by atoms with E-state index in [2.05, 4.69) is 0 Å². The van der Waals surface area contributed by atoms with Gasteiger partial charge in [-0.15, -0.1) is 11.6 Å². The maximum Gasteiger partial charge on any atom is 0.138 e. The van der Waals surface area contributed by atoms with E-state index >= 15 is 0 Å². The van der Waals surface area contributed by atoms with Gasteiger partial charge in [-0.1, -0.05) is 30.7 Å². The highest BCUT2D eigenvalue weighted by Gasteiger charge is 2.19. The first kappa shape index (κ1) is 11.5. The summed E-state index contributed by atoms with van der Waals surface area (Å²) in [5.74, 6) is -0.0529. The van der Waals surface area contributed by atoms with Crippen LogP contribution >= 0.6 is 23.2 Å². The van der Waals surface area contributed by atoms with E-state index in [0.717, 1.165) is 17.4 Å². The summed E-state index contributed by atoms with van der Waals surface area (Å²) in [5, 5.41) is 0.151. The molecule has 0 aliphatic rings. The summed E-state index contributed by atoms with van der Waals surface area (Å²) >= 11 is 11.9. The number of carbonyl (C=O) groups is 1. The smallest absolute Gasteiger partial charge is 0.138 e. The van der Waals surface area contributed by atoms with Gasteiger partial charge in [0, 0.05) is 10.9 Å². The van der Waals surface area contributed by atoms with Crippen molar-refractivity contribution in [3.05, 3.63) is 34.3 Å². The first-order valence-electron chi connectivity index (χ1n) is 4.42. The highest BCUT2D eigenvalue weighted by atomic mass is 35.5. The third kappa shape index (κ3) is 2.28. The molecule has 2 atom stereocenters. The van der Waals surface area contributed by atoms with Gasteiger partial charge >= 0.3 is 0 Å². The SMILES string of the molecule is Cc1cccc(Cl)c1C(C)C(Cl)C=O. The minimum absolute atomic E-state index is 0.0529. The third-order valence-electron chi connectivity index (χ3n) is 2.33. The van der Waals surface area contributed by atoms with Crippen LogP contribution in [-0.2, 0) is 4.79 Å². The summed E-state index contributed by atoms with van der Waals surface area (Å²) < 4.78 is 0. The Morgan fingerprint density at radius 1 is 1.43 bits per heavy atom. The lowest BCUT2D eigenvalue weighted by molar-refractivity contribution is -0.107. The maximum absolute atomic E-state index is 10.6. The molecule has 0 N–H and O–H groups in total. The van der Waals surface area contributed by atoms with Crippen molar-refractivity contribution in [1.82, 2.24) is 0 Å². The molecule has 0 radical (unpaired) electrons. The molecule has 0 heterocycles. The lowest BCUT2D eigenvalue weighted by atomic mass is 9.94. The lowest BCUT2D eigenvalue weighted by Crippen LogP contribution is -2.12.